The highest BCUT2D eigenvalue weighted by molar-refractivity contribution is 9.10. The summed E-state index contributed by atoms with van der Waals surface area (Å²) >= 11 is 3.45. The Morgan fingerprint density at radius 1 is 1.20 bits per heavy atom. The first kappa shape index (κ1) is 19.3. The van der Waals surface area contributed by atoms with E-state index in [4.69, 9.17) is 4.74 Å². The first-order valence-electron chi connectivity index (χ1n) is 8.10. The van der Waals surface area contributed by atoms with E-state index in [1.807, 2.05) is 18.2 Å². The van der Waals surface area contributed by atoms with Crippen molar-refractivity contribution in [2.75, 3.05) is 12.2 Å². The number of halogens is 1. The van der Waals surface area contributed by atoms with Crippen molar-refractivity contribution in [1.29, 1.82) is 0 Å². The molecule has 0 unspecified atom stereocenters. The number of carbonyl (C=O) groups excluding carboxylic acids is 1. The summed E-state index contributed by atoms with van der Waals surface area (Å²) in [5.41, 5.74) is 3.35. The number of nitrogens with zero attached hydrogens (tertiary/aromatic N) is 1. The number of hydrogen-bond donors (Lipinski definition) is 1. The standard InChI is InChI=1S/C19H22BrNO4/c1-4-13-9-10-18(14(5-2)11-13)25-12-15-16(20)7-6-8-17(15)21(23)19(22)24-3/h6-11,23H,4-5,12H2,1-3H3. The first-order chi connectivity index (χ1) is 12.0. The third kappa shape index (κ3) is 4.52. The second-order valence-corrected chi connectivity index (χ2v) is 6.31. The van der Waals surface area contributed by atoms with Crippen LogP contribution in [0.5, 0.6) is 5.75 Å². The maximum absolute atomic E-state index is 11.6. The van der Waals surface area contributed by atoms with E-state index in [0.29, 0.717) is 16.3 Å². The molecule has 6 heteroatoms. The highest BCUT2D eigenvalue weighted by Gasteiger charge is 2.19. The van der Waals surface area contributed by atoms with Gasteiger partial charge in [-0.25, -0.2) is 4.79 Å². The fourth-order valence-corrected chi connectivity index (χ4v) is 2.96. The molecule has 0 spiro atoms. The van der Waals surface area contributed by atoms with Gasteiger partial charge in [0.2, 0.25) is 0 Å². The first-order valence-corrected chi connectivity index (χ1v) is 8.90. The van der Waals surface area contributed by atoms with Crippen LogP contribution in [0.1, 0.15) is 30.5 Å². The maximum Gasteiger partial charge on any atom is 0.438 e. The number of anilines is 1. The van der Waals surface area contributed by atoms with Gasteiger partial charge in [0.25, 0.3) is 0 Å². The molecule has 2 rings (SSSR count). The van der Waals surface area contributed by atoms with Crippen molar-refractivity contribution in [3.63, 3.8) is 0 Å². The number of aryl methyl sites for hydroxylation is 2. The van der Waals surface area contributed by atoms with E-state index >= 15 is 0 Å². The Labute approximate surface area is 156 Å². The molecule has 1 amide bonds. The van der Waals surface area contributed by atoms with Crippen molar-refractivity contribution in [1.82, 2.24) is 0 Å². The predicted molar refractivity (Wildman–Crippen MR) is 100 cm³/mol. The smallest absolute Gasteiger partial charge is 0.438 e. The number of hydrogen-bond acceptors (Lipinski definition) is 4. The van der Waals surface area contributed by atoms with E-state index in [1.54, 1.807) is 12.1 Å². The summed E-state index contributed by atoms with van der Waals surface area (Å²) in [6, 6.07) is 11.3. The summed E-state index contributed by atoms with van der Waals surface area (Å²) < 4.78 is 11.3. The topological polar surface area (TPSA) is 59.0 Å². The highest BCUT2D eigenvalue weighted by Crippen LogP contribution is 2.30. The van der Waals surface area contributed by atoms with Crippen LogP contribution < -0.4 is 9.80 Å². The van der Waals surface area contributed by atoms with Crippen molar-refractivity contribution in [3.8, 4) is 5.75 Å². The minimum atomic E-state index is -0.860. The van der Waals surface area contributed by atoms with Gasteiger partial charge in [-0.15, -0.1) is 0 Å². The zero-order valence-corrected chi connectivity index (χ0v) is 16.2. The van der Waals surface area contributed by atoms with Crippen LogP contribution in [0, 0.1) is 0 Å². The summed E-state index contributed by atoms with van der Waals surface area (Å²) in [6.07, 6.45) is 0.974. The molecule has 0 radical (unpaired) electrons. The number of rotatable bonds is 6. The monoisotopic (exact) mass is 407 g/mol. The molecular weight excluding hydrogens is 386 g/mol. The molecule has 0 aliphatic heterocycles. The largest absolute Gasteiger partial charge is 0.489 e. The van der Waals surface area contributed by atoms with Crippen molar-refractivity contribution in [2.24, 2.45) is 0 Å². The Hall–Kier alpha value is -2.05. The van der Waals surface area contributed by atoms with Crippen molar-refractivity contribution in [2.45, 2.75) is 33.3 Å². The number of amides is 1. The molecule has 0 atom stereocenters. The molecule has 2 aromatic rings. The molecule has 25 heavy (non-hydrogen) atoms. The van der Waals surface area contributed by atoms with E-state index in [-0.39, 0.29) is 6.61 Å². The fourth-order valence-electron chi connectivity index (χ4n) is 2.49. The molecule has 0 heterocycles. The third-order valence-electron chi connectivity index (χ3n) is 3.96. The van der Waals surface area contributed by atoms with Crippen LogP contribution in [0.4, 0.5) is 10.5 Å². The molecule has 0 saturated carbocycles. The maximum atomic E-state index is 11.6. The lowest BCUT2D eigenvalue weighted by Crippen LogP contribution is -2.28. The molecular formula is C19H22BrNO4. The zero-order chi connectivity index (χ0) is 18.4. The predicted octanol–water partition coefficient (Wildman–Crippen LogP) is 5.11. The van der Waals surface area contributed by atoms with Gasteiger partial charge in [0.15, 0.2) is 0 Å². The summed E-state index contributed by atoms with van der Waals surface area (Å²) in [4.78, 5) is 11.6. The second-order valence-electron chi connectivity index (χ2n) is 5.46. The molecule has 134 valence electrons. The van der Waals surface area contributed by atoms with Crippen LogP contribution in [0.3, 0.4) is 0 Å². The average Bonchev–Trinajstić information content (AvgIpc) is 2.65. The minimum absolute atomic E-state index is 0.198. The van der Waals surface area contributed by atoms with Crippen molar-refractivity contribution < 1.29 is 19.5 Å². The van der Waals surface area contributed by atoms with Crippen LogP contribution in [0.15, 0.2) is 40.9 Å². The lowest BCUT2D eigenvalue weighted by atomic mass is 10.1. The number of hydroxylamine groups is 1. The van der Waals surface area contributed by atoms with Gasteiger partial charge in [0.05, 0.1) is 12.8 Å². The van der Waals surface area contributed by atoms with Crippen molar-refractivity contribution in [3.05, 3.63) is 57.6 Å². The van der Waals surface area contributed by atoms with Crippen LogP contribution in [-0.2, 0) is 24.2 Å². The number of carbonyl (C=O) groups is 1. The van der Waals surface area contributed by atoms with Gasteiger partial charge in [0, 0.05) is 10.0 Å². The summed E-state index contributed by atoms with van der Waals surface area (Å²) in [5, 5.41) is 10.5. The van der Waals surface area contributed by atoms with Gasteiger partial charge in [-0.1, -0.05) is 48.0 Å². The van der Waals surface area contributed by atoms with Gasteiger partial charge in [-0.3, -0.25) is 5.21 Å². The van der Waals surface area contributed by atoms with Crippen LogP contribution in [-0.4, -0.2) is 18.4 Å². The summed E-state index contributed by atoms with van der Waals surface area (Å²) in [5.74, 6) is 0.795. The Balaban J connectivity index is 2.28. The molecule has 0 saturated heterocycles. The van der Waals surface area contributed by atoms with Crippen LogP contribution in [0.25, 0.3) is 0 Å². The average molecular weight is 408 g/mol. The Morgan fingerprint density at radius 2 is 1.96 bits per heavy atom. The molecule has 0 bridgehead atoms. The van der Waals surface area contributed by atoms with E-state index in [0.717, 1.165) is 28.6 Å². The molecule has 2 aromatic carbocycles. The minimum Gasteiger partial charge on any atom is -0.489 e. The van der Waals surface area contributed by atoms with Gasteiger partial charge < -0.3 is 9.47 Å². The molecule has 0 aliphatic carbocycles. The van der Waals surface area contributed by atoms with E-state index in [2.05, 4.69) is 40.6 Å². The SMILES string of the molecule is CCc1ccc(OCc2c(Br)cccc2N(O)C(=O)OC)c(CC)c1. The van der Waals surface area contributed by atoms with Gasteiger partial charge in [-0.2, -0.15) is 5.06 Å². The summed E-state index contributed by atoms with van der Waals surface area (Å²) in [7, 11) is 1.21. The molecule has 5 nitrogen and oxygen atoms in total. The fraction of sp³-hybridized carbons (Fsp3) is 0.316. The Bertz CT molecular complexity index is 748. The van der Waals surface area contributed by atoms with Crippen molar-refractivity contribution >= 4 is 27.7 Å². The lowest BCUT2D eigenvalue weighted by molar-refractivity contribution is 0.140. The third-order valence-corrected chi connectivity index (χ3v) is 4.70. The summed E-state index contributed by atoms with van der Waals surface area (Å²) in [6.45, 7) is 4.40. The highest BCUT2D eigenvalue weighted by atomic mass is 79.9. The van der Waals surface area contributed by atoms with Gasteiger partial charge >= 0.3 is 6.09 Å². The number of ether oxygens (including phenoxy) is 2. The lowest BCUT2D eigenvalue weighted by Gasteiger charge is -2.19. The number of benzene rings is 2. The van der Waals surface area contributed by atoms with Gasteiger partial charge in [0.1, 0.15) is 12.4 Å². The quantitative estimate of drug-likeness (QED) is 0.533. The zero-order valence-electron chi connectivity index (χ0n) is 14.6. The molecule has 0 aliphatic rings. The Morgan fingerprint density at radius 3 is 2.60 bits per heavy atom. The molecule has 0 aromatic heterocycles. The van der Waals surface area contributed by atoms with Gasteiger partial charge in [-0.05, 0) is 42.2 Å². The van der Waals surface area contributed by atoms with E-state index in [9.17, 15) is 10.0 Å². The normalized spacial score (nSPS) is 10.4. The Kier molecular flexibility index (Phi) is 6.84. The van der Waals surface area contributed by atoms with E-state index in [1.165, 1.54) is 12.7 Å². The van der Waals surface area contributed by atoms with Crippen LogP contribution in [0.2, 0.25) is 0 Å². The van der Waals surface area contributed by atoms with E-state index < -0.39 is 6.09 Å². The molecule has 1 N–H and O–H groups in total. The second kappa shape index (κ2) is 8.87. The molecule has 0 fully saturated rings. The van der Waals surface area contributed by atoms with Crippen LogP contribution >= 0.6 is 15.9 Å². The number of methoxy groups -OCH3 is 1.